The number of anilines is 1. The van der Waals surface area contributed by atoms with Gasteiger partial charge in [0.25, 0.3) is 5.56 Å². The van der Waals surface area contributed by atoms with Crippen LogP contribution in [-0.4, -0.2) is 41.2 Å². The highest BCUT2D eigenvalue weighted by Crippen LogP contribution is 2.46. The molecule has 31 heavy (non-hydrogen) atoms. The summed E-state index contributed by atoms with van der Waals surface area (Å²) < 4.78 is 5.13. The Morgan fingerprint density at radius 1 is 1.23 bits per heavy atom. The van der Waals surface area contributed by atoms with Crippen molar-refractivity contribution in [1.82, 2.24) is 29.6 Å². The molecule has 2 bridgehead atoms. The minimum absolute atomic E-state index is 0.121. The van der Waals surface area contributed by atoms with Crippen LogP contribution in [0.2, 0.25) is 0 Å². The van der Waals surface area contributed by atoms with E-state index >= 15 is 0 Å². The zero-order chi connectivity index (χ0) is 21.5. The van der Waals surface area contributed by atoms with Gasteiger partial charge in [-0.1, -0.05) is 42.1 Å². The van der Waals surface area contributed by atoms with Gasteiger partial charge in [-0.2, -0.15) is 0 Å². The zero-order valence-electron chi connectivity index (χ0n) is 17.3. The van der Waals surface area contributed by atoms with E-state index in [1.165, 1.54) is 11.8 Å². The minimum atomic E-state index is -0.265. The molecule has 1 saturated carbocycles. The van der Waals surface area contributed by atoms with E-state index in [1.807, 2.05) is 41.9 Å². The number of fused-ring (bicyclic) bond motifs is 2. The summed E-state index contributed by atoms with van der Waals surface area (Å²) >= 11 is 1.29. The molecule has 1 N–H and O–H groups in total. The number of tetrazole rings is 1. The van der Waals surface area contributed by atoms with Gasteiger partial charge in [-0.05, 0) is 54.2 Å². The lowest BCUT2D eigenvalue weighted by molar-refractivity contribution is -0.113. The smallest absolute Gasteiger partial charge is 0.295 e. The molecule has 0 saturated heterocycles. The Bertz CT molecular complexity index is 1210. The van der Waals surface area contributed by atoms with Crippen LogP contribution < -0.4 is 10.9 Å². The number of nitrogens with zero attached hydrogens (tertiary/aromatic N) is 6. The fourth-order valence-corrected chi connectivity index (χ4v) is 5.27. The molecular weight excluding hydrogens is 414 g/mol. The molecule has 160 valence electrons. The predicted octanol–water partition coefficient (Wildman–Crippen LogP) is 2.34. The Balaban J connectivity index is 1.29. The highest BCUT2D eigenvalue weighted by molar-refractivity contribution is 7.99. The highest BCUT2D eigenvalue weighted by Gasteiger charge is 2.38. The summed E-state index contributed by atoms with van der Waals surface area (Å²) in [5, 5.41) is 15.5. The Hall–Kier alpha value is -3.14. The average Bonchev–Trinajstić information content (AvgIpc) is 3.55. The second-order valence-corrected chi connectivity index (χ2v) is 8.97. The number of carbonyl (C=O) groups excluding carboxylic acids is 1. The molecule has 1 amide bonds. The maximum Gasteiger partial charge on any atom is 0.295 e. The average molecular weight is 438 g/mol. The summed E-state index contributed by atoms with van der Waals surface area (Å²) in [7, 11) is 1.80. The van der Waals surface area contributed by atoms with Crippen LogP contribution >= 0.6 is 11.8 Å². The van der Waals surface area contributed by atoms with Gasteiger partial charge >= 0.3 is 0 Å². The van der Waals surface area contributed by atoms with E-state index in [2.05, 4.69) is 33.0 Å². The van der Waals surface area contributed by atoms with Gasteiger partial charge in [0.15, 0.2) is 0 Å². The molecule has 0 spiro atoms. The standard InChI is InChI=1S/C21H23N7O2S/c1-13-19(20(30)28(26(13)2)16-6-4-3-5-7-16)22-18(29)12-31-21-23-24-25-27(21)17-11-14-8-9-15(17)10-14/h3-9,14-15,17H,10-12H2,1-2H3,(H,22,29)/t14-,15+,17+/m1/s1. The van der Waals surface area contributed by atoms with Crippen molar-refractivity contribution in [2.45, 2.75) is 31.0 Å². The number of para-hydroxylation sites is 1. The summed E-state index contributed by atoms with van der Waals surface area (Å²) in [5.74, 6) is 0.924. The Morgan fingerprint density at radius 3 is 2.74 bits per heavy atom. The molecule has 3 aromatic rings. The van der Waals surface area contributed by atoms with Crippen molar-refractivity contribution in [1.29, 1.82) is 0 Å². The molecular formula is C21H23N7O2S. The van der Waals surface area contributed by atoms with E-state index in [1.54, 1.807) is 16.4 Å². The van der Waals surface area contributed by atoms with Gasteiger partial charge in [0, 0.05) is 7.05 Å². The van der Waals surface area contributed by atoms with Crippen molar-refractivity contribution in [3.8, 4) is 5.69 Å². The molecule has 0 aliphatic heterocycles. The van der Waals surface area contributed by atoms with Crippen LogP contribution in [-0.2, 0) is 11.8 Å². The normalized spacial score (nSPS) is 21.7. The molecule has 2 aliphatic rings. The number of carbonyl (C=O) groups is 1. The van der Waals surface area contributed by atoms with E-state index < -0.39 is 0 Å². The summed E-state index contributed by atoms with van der Waals surface area (Å²) in [6.45, 7) is 1.81. The van der Waals surface area contributed by atoms with Crippen LogP contribution in [0, 0.1) is 18.8 Å². The van der Waals surface area contributed by atoms with Crippen LogP contribution in [0.4, 0.5) is 5.69 Å². The van der Waals surface area contributed by atoms with E-state index in [0.29, 0.717) is 22.7 Å². The fraction of sp³-hybridized carbons (Fsp3) is 0.381. The molecule has 1 aromatic carbocycles. The van der Waals surface area contributed by atoms with Crippen LogP contribution in [0.1, 0.15) is 24.6 Å². The summed E-state index contributed by atoms with van der Waals surface area (Å²) in [6, 6.07) is 9.60. The van der Waals surface area contributed by atoms with E-state index in [4.69, 9.17) is 0 Å². The van der Waals surface area contributed by atoms with Crippen LogP contribution in [0.3, 0.4) is 0 Å². The van der Waals surface area contributed by atoms with Gasteiger partial charge in [-0.25, -0.2) is 9.36 Å². The Morgan fingerprint density at radius 2 is 2.03 bits per heavy atom. The highest BCUT2D eigenvalue weighted by atomic mass is 32.2. The van der Waals surface area contributed by atoms with Gasteiger partial charge in [0.1, 0.15) is 5.69 Å². The Kier molecular flexibility index (Phi) is 5.01. The first-order valence-corrected chi connectivity index (χ1v) is 11.2. The molecule has 9 nitrogen and oxygen atoms in total. The van der Waals surface area contributed by atoms with Crippen molar-refractivity contribution >= 4 is 23.4 Å². The number of benzene rings is 1. The third-order valence-electron chi connectivity index (χ3n) is 6.17. The molecule has 10 heteroatoms. The number of nitrogens with one attached hydrogen (secondary N) is 1. The first kappa shape index (κ1) is 19.8. The van der Waals surface area contributed by atoms with Gasteiger partial charge in [0.2, 0.25) is 11.1 Å². The quantitative estimate of drug-likeness (QED) is 0.469. The number of thioether (sulfide) groups is 1. The van der Waals surface area contributed by atoms with Crippen molar-refractivity contribution < 1.29 is 4.79 Å². The number of rotatable bonds is 6. The van der Waals surface area contributed by atoms with Crippen molar-refractivity contribution in [3.05, 3.63) is 58.5 Å². The number of amides is 1. The first-order valence-electron chi connectivity index (χ1n) is 10.3. The second kappa shape index (κ2) is 7.84. The van der Waals surface area contributed by atoms with E-state index in [-0.39, 0.29) is 28.9 Å². The van der Waals surface area contributed by atoms with Gasteiger partial charge in [0.05, 0.1) is 23.2 Å². The molecule has 0 unspecified atom stereocenters. The first-order chi connectivity index (χ1) is 15.0. The molecule has 1 fully saturated rings. The summed E-state index contributed by atoms with van der Waals surface area (Å²) in [5.41, 5.74) is 1.45. The number of hydrogen-bond donors (Lipinski definition) is 1. The summed E-state index contributed by atoms with van der Waals surface area (Å²) in [4.78, 5) is 25.6. The second-order valence-electron chi connectivity index (χ2n) is 8.03. The van der Waals surface area contributed by atoms with Crippen molar-refractivity contribution in [2.24, 2.45) is 18.9 Å². The number of allylic oxidation sites excluding steroid dienone is 2. The third-order valence-corrected chi connectivity index (χ3v) is 7.11. The monoisotopic (exact) mass is 437 g/mol. The fourth-order valence-electron chi connectivity index (χ4n) is 4.54. The number of hydrogen-bond acceptors (Lipinski definition) is 6. The molecule has 2 aliphatic carbocycles. The van der Waals surface area contributed by atoms with E-state index in [0.717, 1.165) is 18.5 Å². The molecule has 2 aromatic heterocycles. The lowest BCUT2D eigenvalue weighted by atomic mass is 10.0. The largest absolute Gasteiger partial charge is 0.319 e. The zero-order valence-corrected chi connectivity index (χ0v) is 18.1. The molecule has 5 rings (SSSR count). The van der Waals surface area contributed by atoms with Gasteiger partial charge in [-0.3, -0.25) is 14.3 Å². The van der Waals surface area contributed by atoms with Crippen LogP contribution in [0.25, 0.3) is 5.69 Å². The molecule has 0 radical (unpaired) electrons. The number of aromatic nitrogens is 6. The third kappa shape index (κ3) is 3.50. The maximum absolute atomic E-state index is 13.0. The van der Waals surface area contributed by atoms with Crippen LogP contribution in [0.5, 0.6) is 0 Å². The topological polar surface area (TPSA) is 99.6 Å². The van der Waals surface area contributed by atoms with Gasteiger partial charge in [-0.15, -0.1) is 5.10 Å². The lowest BCUT2D eigenvalue weighted by Crippen LogP contribution is -2.24. The minimum Gasteiger partial charge on any atom is -0.319 e. The SMILES string of the molecule is Cc1c(NC(=O)CSc2nnnn2[C@H]2C[C@@H]3C=C[C@H]2C3)c(=O)n(-c2ccccc2)n1C. The van der Waals surface area contributed by atoms with Gasteiger partial charge < -0.3 is 5.32 Å². The van der Waals surface area contributed by atoms with Crippen LogP contribution in [0.15, 0.2) is 52.4 Å². The predicted molar refractivity (Wildman–Crippen MR) is 117 cm³/mol. The molecule has 3 atom stereocenters. The van der Waals surface area contributed by atoms with Crippen molar-refractivity contribution in [3.63, 3.8) is 0 Å². The molecule has 2 heterocycles. The maximum atomic E-state index is 13.0. The van der Waals surface area contributed by atoms with Crippen molar-refractivity contribution in [2.75, 3.05) is 11.1 Å². The Labute approximate surface area is 183 Å². The van der Waals surface area contributed by atoms with E-state index in [9.17, 15) is 9.59 Å². The lowest BCUT2D eigenvalue weighted by Gasteiger charge is -2.18. The summed E-state index contributed by atoms with van der Waals surface area (Å²) in [6.07, 6.45) is 6.71.